The van der Waals surface area contributed by atoms with Gasteiger partial charge in [0, 0.05) is 19.5 Å². The van der Waals surface area contributed by atoms with E-state index in [1.807, 2.05) is 44.3 Å². The van der Waals surface area contributed by atoms with Crippen molar-refractivity contribution in [1.29, 1.82) is 0 Å². The number of aromatic hydroxyl groups is 1. The van der Waals surface area contributed by atoms with E-state index >= 15 is 0 Å². The molecule has 3 heteroatoms. The normalized spacial score (nSPS) is 11.9. The van der Waals surface area contributed by atoms with Crippen LogP contribution in [-0.2, 0) is 17.6 Å². The fourth-order valence-electron chi connectivity index (χ4n) is 2.50. The third kappa shape index (κ3) is 4.62. The van der Waals surface area contributed by atoms with Crippen LogP contribution in [0.1, 0.15) is 18.1 Å². The number of hydrogen-bond acceptors (Lipinski definition) is 2. The van der Waals surface area contributed by atoms with Crippen molar-refractivity contribution in [3.63, 3.8) is 0 Å². The van der Waals surface area contributed by atoms with Crippen molar-refractivity contribution in [3.05, 3.63) is 65.7 Å². The fourth-order valence-corrected chi connectivity index (χ4v) is 2.50. The highest BCUT2D eigenvalue weighted by Crippen LogP contribution is 2.15. The lowest BCUT2D eigenvalue weighted by atomic mass is 9.99. The predicted octanol–water partition coefficient (Wildman–Crippen LogP) is 3.27. The Kier molecular flexibility index (Phi) is 5.59. The van der Waals surface area contributed by atoms with Gasteiger partial charge in [-0.2, -0.15) is 0 Å². The molecule has 0 saturated carbocycles. The van der Waals surface area contributed by atoms with Crippen molar-refractivity contribution in [1.82, 2.24) is 4.90 Å². The van der Waals surface area contributed by atoms with Crippen LogP contribution in [0.2, 0.25) is 0 Å². The quantitative estimate of drug-likeness (QED) is 0.889. The van der Waals surface area contributed by atoms with E-state index in [0.717, 1.165) is 18.5 Å². The standard InChI is InChI=1S/C19H23NO2/c1-15(14-17-8-10-18(21)11-9-17)19(22)20(2)13-12-16-6-4-3-5-7-16/h3-11,15,21H,12-14H2,1-2H3. The lowest BCUT2D eigenvalue weighted by molar-refractivity contribution is -0.133. The molecule has 0 spiro atoms. The molecule has 3 nitrogen and oxygen atoms in total. The molecule has 1 amide bonds. The van der Waals surface area contributed by atoms with Gasteiger partial charge >= 0.3 is 0 Å². The van der Waals surface area contributed by atoms with Crippen LogP contribution in [0.25, 0.3) is 0 Å². The molecule has 2 aromatic carbocycles. The number of phenolic OH excluding ortho intramolecular Hbond substituents is 1. The number of carbonyl (C=O) groups is 1. The summed E-state index contributed by atoms with van der Waals surface area (Å²) < 4.78 is 0. The first-order chi connectivity index (χ1) is 10.6. The number of likely N-dealkylation sites (N-methyl/N-ethyl adjacent to an activating group) is 1. The van der Waals surface area contributed by atoms with E-state index in [4.69, 9.17) is 0 Å². The van der Waals surface area contributed by atoms with Gasteiger partial charge in [0.25, 0.3) is 0 Å². The van der Waals surface area contributed by atoms with Crippen LogP contribution in [0.5, 0.6) is 5.75 Å². The topological polar surface area (TPSA) is 40.5 Å². The number of rotatable bonds is 6. The Morgan fingerprint density at radius 3 is 2.32 bits per heavy atom. The number of nitrogens with zero attached hydrogens (tertiary/aromatic N) is 1. The summed E-state index contributed by atoms with van der Waals surface area (Å²) in [7, 11) is 1.86. The van der Waals surface area contributed by atoms with E-state index in [-0.39, 0.29) is 17.6 Å². The van der Waals surface area contributed by atoms with Crippen LogP contribution < -0.4 is 0 Å². The van der Waals surface area contributed by atoms with Crippen LogP contribution >= 0.6 is 0 Å². The highest BCUT2D eigenvalue weighted by atomic mass is 16.3. The molecule has 0 fully saturated rings. The first kappa shape index (κ1) is 16.1. The molecule has 0 aliphatic rings. The van der Waals surface area contributed by atoms with Gasteiger partial charge in [-0.05, 0) is 36.1 Å². The first-order valence-electron chi connectivity index (χ1n) is 7.63. The Labute approximate surface area is 132 Å². The average Bonchev–Trinajstić information content (AvgIpc) is 2.55. The van der Waals surface area contributed by atoms with Crippen molar-refractivity contribution in [2.24, 2.45) is 5.92 Å². The van der Waals surface area contributed by atoms with E-state index in [9.17, 15) is 9.90 Å². The fraction of sp³-hybridized carbons (Fsp3) is 0.316. The van der Waals surface area contributed by atoms with Crippen molar-refractivity contribution in [2.75, 3.05) is 13.6 Å². The molecule has 2 aromatic rings. The Morgan fingerprint density at radius 2 is 1.68 bits per heavy atom. The summed E-state index contributed by atoms with van der Waals surface area (Å²) in [5.74, 6) is 0.344. The molecule has 0 aliphatic carbocycles. The van der Waals surface area contributed by atoms with Gasteiger partial charge < -0.3 is 10.0 Å². The number of carbonyl (C=O) groups excluding carboxylic acids is 1. The third-order valence-corrected chi connectivity index (χ3v) is 3.85. The monoisotopic (exact) mass is 297 g/mol. The molecule has 116 valence electrons. The Balaban J connectivity index is 1.85. The van der Waals surface area contributed by atoms with Crippen LogP contribution in [-0.4, -0.2) is 29.5 Å². The summed E-state index contributed by atoms with van der Waals surface area (Å²) in [6.07, 6.45) is 1.56. The summed E-state index contributed by atoms with van der Waals surface area (Å²) in [5, 5.41) is 9.29. The molecule has 1 N–H and O–H groups in total. The summed E-state index contributed by atoms with van der Waals surface area (Å²) in [6.45, 7) is 2.68. The molecule has 0 bridgehead atoms. The lowest BCUT2D eigenvalue weighted by Crippen LogP contribution is -2.34. The minimum Gasteiger partial charge on any atom is -0.508 e. The van der Waals surface area contributed by atoms with E-state index < -0.39 is 0 Å². The Hall–Kier alpha value is -2.29. The van der Waals surface area contributed by atoms with Crippen LogP contribution in [0.4, 0.5) is 0 Å². The van der Waals surface area contributed by atoms with E-state index in [0.29, 0.717) is 6.42 Å². The number of amides is 1. The highest BCUT2D eigenvalue weighted by Gasteiger charge is 2.17. The van der Waals surface area contributed by atoms with Gasteiger partial charge in [-0.1, -0.05) is 49.4 Å². The molecule has 0 radical (unpaired) electrons. The number of benzene rings is 2. The zero-order valence-corrected chi connectivity index (χ0v) is 13.2. The molecule has 1 atom stereocenters. The molecule has 0 heterocycles. The van der Waals surface area contributed by atoms with Crippen molar-refractivity contribution in [3.8, 4) is 5.75 Å². The smallest absolute Gasteiger partial charge is 0.225 e. The second-order valence-electron chi connectivity index (χ2n) is 5.77. The molecule has 0 aromatic heterocycles. The summed E-state index contributed by atoms with van der Waals surface area (Å²) in [5.41, 5.74) is 2.31. The Bertz CT molecular complexity index is 593. The molecular formula is C19H23NO2. The number of hydrogen-bond donors (Lipinski definition) is 1. The van der Waals surface area contributed by atoms with E-state index in [1.54, 1.807) is 17.0 Å². The van der Waals surface area contributed by atoms with Gasteiger partial charge in [0.2, 0.25) is 5.91 Å². The number of phenols is 1. The highest BCUT2D eigenvalue weighted by molar-refractivity contribution is 5.78. The maximum atomic E-state index is 12.4. The first-order valence-corrected chi connectivity index (χ1v) is 7.63. The zero-order chi connectivity index (χ0) is 15.9. The average molecular weight is 297 g/mol. The summed E-state index contributed by atoms with van der Waals surface area (Å²) >= 11 is 0. The molecule has 22 heavy (non-hydrogen) atoms. The van der Waals surface area contributed by atoms with Crippen molar-refractivity contribution < 1.29 is 9.90 Å². The maximum Gasteiger partial charge on any atom is 0.225 e. The van der Waals surface area contributed by atoms with Gasteiger partial charge in [0.05, 0.1) is 0 Å². The van der Waals surface area contributed by atoms with Crippen LogP contribution in [0.3, 0.4) is 0 Å². The largest absolute Gasteiger partial charge is 0.508 e. The second-order valence-corrected chi connectivity index (χ2v) is 5.77. The lowest BCUT2D eigenvalue weighted by Gasteiger charge is -2.21. The van der Waals surface area contributed by atoms with Gasteiger partial charge in [-0.25, -0.2) is 0 Å². The van der Waals surface area contributed by atoms with Crippen LogP contribution in [0.15, 0.2) is 54.6 Å². The van der Waals surface area contributed by atoms with E-state index in [1.165, 1.54) is 5.56 Å². The third-order valence-electron chi connectivity index (χ3n) is 3.85. The van der Waals surface area contributed by atoms with Crippen LogP contribution in [0, 0.1) is 5.92 Å². The molecule has 0 saturated heterocycles. The summed E-state index contributed by atoms with van der Waals surface area (Å²) in [4.78, 5) is 14.2. The maximum absolute atomic E-state index is 12.4. The molecule has 2 rings (SSSR count). The minimum absolute atomic E-state index is 0.0645. The molecular weight excluding hydrogens is 274 g/mol. The van der Waals surface area contributed by atoms with Crippen molar-refractivity contribution in [2.45, 2.75) is 19.8 Å². The van der Waals surface area contributed by atoms with Gasteiger partial charge in [-0.3, -0.25) is 4.79 Å². The van der Waals surface area contributed by atoms with Gasteiger partial charge in [0.15, 0.2) is 0 Å². The Morgan fingerprint density at radius 1 is 1.05 bits per heavy atom. The minimum atomic E-state index is -0.0645. The SMILES string of the molecule is CC(Cc1ccc(O)cc1)C(=O)N(C)CCc1ccccc1. The predicted molar refractivity (Wildman–Crippen MR) is 88.8 cm³/mol. The molecule has 1 unspecified atom stereocenters. The second kappa shape index (κ2) is 7.64. The molecule has 0 aliphatic heterocycles. The van der Waals surface area contributed by atoms with E-state index in [2.05, 4.69) is 12.1 Å². The summed E-state index contributed by atoms with van der Waals surface area (Å²) in [6, 6.07) is 17.2. The van der Waals surface area contributed by atoms with Crippen molar-refractivity contribution >= 4 is 5.91 Å². The van der Waals surface area contributed by atoms with Gasteiger partial charge in [0.1, 0.15) is 5.75 Å². The van der Waals surface area contributed by atoms with Gasteiger partial charge in [-0.15, -0.1) is 0 Å². The zero-order valence-electron chi connectivity index (χ0n) is 13.2.